The van der Waals surface area contributed by atoms with Crippen molar-refractivity contribution in [2.24, 2.45) is 0 Å². The maximum Gasteiger partial charge on any atom is 0.125 e. The van der Waals surface area contributed by atoms with Gasteiger partial charge in [-0.25, -0.2) is 0 Å². The zero-order valence-electron chi connectivity index (χ0n) is 13.1. The highest BCUT2D eigenvalue weighted by molar-refractivity contribution is 5.88. The standard InChI is InChI=1S/C19H26O2/c1-3-4-5-6-7-12-17(20)19-16-11-9-8-10-15(16)13-14-18(19)21-2/h8-11,13-14,17,20H,3-7,12H2,1-2H3. The summed E-state index contributed by atoms with van der Waals surface area (Å²) in [5.41, 5.74) is 0.936. The van der Waals surface area contributed by atoms with Gasteiger partial charge in [0.2, 0.25) is 0 Å². The molecule has 1 atom stereocenters. The van der Waals surface area contributed by atoms with E-state index in [0.717, 1.165) is 34.9 Å². The predicted molar refractivity (Wildman–Crippen MR) is 88.8 cm³/mol. The number of methoxy groups -OCH3 is 1. The summed E-state index contributed by atoms with van der Waals surface area (Å²) < 4.78 is 5.46. The largest absolute Gasteiger partial charge is 0.496 e. The summed E-state index contributed by atoms with van der Waals surface area (Å²) in [6.45, 7) is 2.22. The summed E-state index contributed by atoms with van der Waals surface area (Å²) in [5.74, 6) is 0.787. The smallest absolute Gasteiger partial charge is 0.125 e. The quantitative estimate of drug-likeness (QED) is 0.672. The Labute approximate surface area is 127 Å². The van der Waals surface area contributed by atoms with E-state index in [1.54, 1.807) is 7.11 Å². The molecule has 0 fully saturated rings. The van der Waals surface area contributed by atoms with Crippen LogP contribution in [0, 0.1) is 0 Å². The fourth-order valence-electron chi connectivity index (χ4n) is 2.88. The number of unbranched alkanes of at least 4 members (excludes halogenated alkanes) is 4. The molecule has 0 aromatic heterocycles. The fraction of sp³-hybridized carbons (Fsp3) is 0.474. The van der Waals surface area contributed by atoms with Gasteiger partial charge >= 0.3 is 0 Å². The Hall–Kier alpha value is -1.54. The highest BCUT2D eigenvalue weighted by atomic mass is 16.5. The molecule has 2 rings (SSSR count). The average Bonchev–Trinajstić information content (AvgIpc) is 2.53. The van der Waals surface area contributed by atoms with Gasteiger partial charge in [-0.05, 0) is 23.3 Å². The summed E-state index contributed by atoms with van der Waals surface area (Å²) >= 11 is 0. The molecule has 0 bridgehead atoms. The Bertz CT molecular complexity index is 562. The molecule has 2 heteroatoms. The van der Waals surface area contributed by atoms with Gasteiger partial charge in [0.15, 0.2) is 0 Å². The normalized spacial score (nSPS) is 12.5. The molecular weight excluding hydrogens is 260 g/mol. The van der Waals surface area contributed by atoms with E-state index in [2.05, 4.69) is 19.1 Å². The van der Waals surface area contributed by atoms with Gasteiger partial charge in [0.05, 0.1) is 13.2 Å². The zero-order chi connectivity index (χ0) is 15.1. The van der Waals surface area contributed by atoms with Crippen LogP contribution >= 0.6 is 0 Å². The SMILES string of the molecule is CCCCCCCC(O)c1c(OC)ccc2ccccc12. The molecule has 0 saturated carbocycles. The Kier molecular flexibility index (Phi) is 6.06. The maximum absolute atomic E-state index is 10.6. The van der Waals surface area contributed by atoms with Gasteiger partial charge in [0, 0.05) is 5.56 Å². The first-order valence-corrected chi connectivity index (χ1v) is 8.01. The number of hydrogen-bond acceptors (Lipinski definition) is 2. The van der Waals surface area contributed by atoms with Crippen molar-refractivity contribution in [2.75, 3.05) is 7.11 Å². The number of rotatable bonds is 8. The van der Waals surface area contributed by atoms with Crippen molar-refractivity contribution in [3.63, 3.8) is 0 Å². The van der Waals surface area contributed by atoms with E-state index in [0.29, 0.717) is 0 Å². The van der Waals surface area contributed by atoms with Crippen LogP contribution in [0.4, 0.5) is 0 Å². The van der Waals surface area contributed by atoms with Crippen LogP contribution in [0.3, 0.4) is 0 Å². The summed E-state index contributed by atoms with van der Waals surface area (Å²) in [5, 5.41) is 12.9. The van der Waals surface area contributed by atoms with Crippen LogP contribution in [0.5, 0.6) is 5.75 Å². The second kappa shape index (κ2) is 8.04. The summed E-state index contributed by atoms with van der Waals surface area (Å²) in [4.78, 5) is 0. The molecule has 0 aliphatic rings. The molecule has 0 spiro atoms. The third-order valence-corrected chi connectivity index (χ3v) is 4.06. The number of aliphatic hydroxyl groups is 1. The van der Waals surface area contributed by atoms with Crippen LogP contribution in [0.1, 0.15) is 57.1 Å². The van der Waals surface area contributed by atoms with E-state index >= 15 is 0 Å². The fourth-order valence-corrected chi connectivity index (χ4v) is 2.88. The highest BCUT2D eigenvalue weighted by Gasteiger charge is 2.16. The lowest BCUT2D eigenvalue weighted by Gasteiger charge is -2.17. The first-order valence-electron chi connectivity index (χ1n) is 8.01. The maximum atomic E-state index is 10.6. The minimum atomic E-state index is -0.451. The Morgan fingerprint density at radius 3 is 2.52 bits per heavy atom. The Balaban J connectivity index is 2.15. The molecule has 1 N–H and O–H groups in total. The molecule has 114 valence electrons. The molecule has 1 unspecified atom stereocenters. The minimum Gasteiger partial charge on any atom is -0.496 e. The molecule has 0 radical (unpaired) electrons. The molecule has 0 aliphatic heterocycles. The van der Waals surface area contributed by atoms with Crippen molar-refractivity contribution in [2.45, 2.75) is 51.6 Å². The van der Waals surface area contributed by atoms with E-state index in [1.165, 1.54) is 25.7 Å². The second-order valence-corrected chi connectivity index (χ2v) is 5.62. The van der Waals surface area contributed by atoms with Crippen LogP contribution in [0.2, 0.25) is 0 Å². The molecular formula is C19H26O2. The molecule has 2 aromatic rings. The number of fused-ring (bicyclic) bond motifs is 1. The average molecular weight is 286 g/mol. The van der Waals surface area contributed by atoms with E-state index in [9.17, 15) is 5.11 Å². The van der Waals surface area contributed by atoms with Crippen LogP contribution in [-0.2, 0) is 0 Å². The van der Waals surface area contributed by atoms with Gasteiger partial charge in [-0.15, -0.1) is 0 Å². The van der Waals surface area contributed by atoms with E-state index in [1.807, 2.05) is 24.3 Å². The third kappa shape index (κ3) is 3.98. The number of ether oxygens (including phenoxy) is 1. The Morgan fingerprint density at radius 2 is 1.76 bits per heavy atom. The van der Waals surface area contributed by atoms with Crippen LogP contribution in [0.15, 0.2) is 36.4 Å². The van der Waals surface area contributed by atoms with Gasteiger partial charge in [0.1, 0.15) is 5.75 Å². The van der Waals surface area contributed by atoms with Crippen molar-refractivity contribution < 1.29 is 9.84 Å². The highest BCUT2D eigenvalue weighted by Crippen LogP contribution is 2.35. The van der Waals surface area contributed by atoms with Gasteiger partial charge < -0.3 is 9.84 Å². The van der Waals surface area contributed by atoms with Gasteiger partial charge in [-0.3, -0.25) is 0 Å². The van der Waals surface area contributed by atoms with Crippen LogP contribution in [-0.4, -0.2) is 12.2 Å². The van der Waals surface area contributed by atoms with Crippen LogP contribution < -0.4 is 4.74 Å². The van der Waals surface area contributed by atoms with Crippen LogP contribution in [0.25, 0.3) is 10.8 Å². The monoisotopic (exact) mass is 286 g/mol. The topological polar surface area (TPSA) is 29.5 Å². The van der Waals surface area contributed by atoms with E-state index in [-0.39, 0.29) is 0 Å². The van der Waals surface area contributed by atoms with Gasteiger partial charge in [0.25, 0.3) is 0 Å². The molecule has 2 nitrogen and oxygen atoms in total. The minimum absolute atomic E-state index is 0.451. The zero-order valence-corrected chi connectivity index (χ0v) is 13.1. The predicted octanol–water partition coefficient (Wildman–Crippen LogP) is 5.24. The van der Waals surface area contributed by atoms with Crippen molar-refractivity contribution in [1.29, 1.82) is 0 Å². The summed E-state index contributed by atoms with van der Waals surface area (Å²) in [6.07, 6.45) is 6.40. The first kappa shape index (κ1) is 15.8. The summed E-state index contributed by atoms with van der Waals surface area (Å²) in [6, 6.07) is 12.2. The number of hydrogen-bond donors (Lipinski definition) is 1. The van der Waals surface area contributed by atoms with Crippen molar-refractivity contribution in [3.8, 4) is 5.75 Å². The molecule has 2 aromatic carbocycles. The van der Waals surface area contributed by atoms with E-state index in [4.69, 9.17) is 4.74 Å². The second-order valence-electron chi connectivity index (χ2n) is 5.62. The molecule has 21 heavy (non-hydrogen) atoms. The Morgan fingerprint density at radius 1 is 1.00 bits per heavy atom. The number of aliphatic hydroxyl groups excluding tert-OH is 1. The molecule has 0 aliphatic carbocycles. The first-order chi connectivity index (χ1) is 10.3. The lowest BCUT2D eigenvalue weighted by Crippen LogP contribution is -2.02. The molecule has 0 heterocycles. The lowest BCUT2D eigenvalue weighted by atomic mass is 9.95. The van der Waals surface area contributed by atoms with Crippen molar-refractivity contribution in [3.05, 3.63) is 42.0 Å². The molecule has 0 amide bonds. The molecule has 0 saturated heterocycles. The van der Waals surface area contributed by atoms with Gasteiger partial charge in [-0.1, -0.05) is 69.4 Å². The third-order valence-electron chi connectivity index (χ3n) is 4.06. The van der Waals surface area contributed by atoms with Gasteiger partial charge in [-0.2, -0.15) is 0 Å². The number of benzene rings is 2. The summed E-state index contributed by atoms with van der Waals surface area (Å²) in [7, 11) is 1.67. The van der Waals surface area contributed by atoms with Crippen molar-refractivity contribution >= 4 is 10.8 Å². The lowest BCUT2D eigenvalue weighted by molar-refractivity contribution is 0.161. The van der Waals surface area contributed by atoms with Crippen molar-refractivity contribution in [1.82, 2.24) is 0 Å². The van der Waals surface area contributed by atoms with E-state index < -0.39 is 6.10 Å².